The molecule has 0 saturated heterocycles. The second kappa shape index (κ2) is 10.3. The Kier molecular flexibility index (Phi) is 8.50. The highest BCUT2D eigenvalue weighted by atomic mass is 35.5. The molecule has 1 atom stereocenters. The van der Waals surface area contributed by atoms with Crippen LogP contribution in [0.3, 0.4) is 0 Å². The Bertz CT molecular complexity index is 777. The van der Waals surface area contributed by atoms with E-state index in [1.54, 1.807) is 30.3 Å². The van der Waals surface area contributed by atoms with Crippen molar-refractivity contribution in [2.75, 3.05) is 17.2 Å². The van der Waals surface area contributed by atoms with Crippen molar-refractivity contribution in [1.82, 2.24) is 5.32 Å². The number of carbonyl (C=O) groups excluding carboxylic acids is 3. The Hall–Kier alpha value is -2.84. The van der Waals surface area contributed by atoms with Crippen molar-refractivity contribution < 1.29 is 18.8 Å². The van der Waals surface area contributed by atoms with Crippen LogP contribution in [0.15, 0.2) is 47.3 Å². The number of rotatable bonds is 7. The summed E-state index contributed by atoms with van der Waals surface area (Å²) >= 11 is 0. The van der Waals surface area contributed by atoms with Crippen molar-refractivity contribution in [1.29, 1.82) is 0 Å². The van der Waals surface area contributed by atoms with Crippen LogP contribution < -0.4 is 21.7 Å². The molecule has 0 aliphatic heterocycles. The van der Waals surface area contributed by atoms with Crippen LogP contribution >= 0.6 is 12.4 Å². The van der Waals surface area contributed by atoms with Crippen molar-refractivity contribution in [2.45, 2.75) is 19.9 Å². The zero-order chi connectivity index (χ0) is 19.1. The maximum absolute atomic E-state index is 12.0. The van der Waals surface area contributed by atoms with Crippen molar-refractivity contribution in [3.63, 3.8) is 0 Å². The predicted octanol–water partition coefficient (Wildman–Crippen LogP) is 1.99. The molecule has 146 valence electrons. The molecule has 0 unspecified atom stereocenters. The maximum atomic E-state index is 12.0. The Morgan fingerprint density at radius 2 is 1.78 bits per heavy atom. The van der Waals surface area contributed by atoms with Gasteiger partial charge in [0.15, 0.2) is 0 Å². The Morgan fingerprint density at radius 3 is 2.37 bits per heavy atom. The van der Waals surface area contributed by atoms with Crippen molar-refractivity contribution in [2.24, 2.45) is 11.7 Å². The number of carbonyl (C=O) groups is 3. The van der Waals surface area contributed by atoms with Gasteiger partial charge in [0.2, 0.25) is 11.8 Å². The number of benzene rings is 1. The second-order valence-corrected chi connectivity index (χ2v) is 6.08. The highest BCUT2D eigenvalue weighted by molar-refractivity contribution is 6.04. The average Bonchev–Trinajstić information content (AvgIpc) is 3.14. The minimum atomic E-state index is -0.663. The number of hydrogen-bond donors (Lipinski definition) is 4. The van der Waals surface area contributed by atoms with E-state index in [1.165, 1.54) is 12.5 Å². The summed E-state index contributed by atoms with van der Waals surface area (Å²) in [6.07, 6.45) is 2.75. The molecular formula is C18H23ClN4O4. The summed E-state index contributed by atoms with van der Waals surface area (Å²) < 4.78 is 4.87. The Balaban J connectivity index is 0.00000364. The van der Waals surface area contributed by atoms with Crippen LogP contribution in [0.25, 0.3) is 0 Å². The minimum absolute atomic E-state index is 0. The molecule has 8 nitrogen and oxygen atoms in total. The van der Waals surface area contributed by atoms with E-state index in [0.717, 1.165) is 0 Å². The molecule has 2 rings (SSSR count). The van der Waals surface area contributed by atoms with Crippen LogP contribution in [-0.2, 0) is 9.59 Å². The van der Waals surface area contributed by atoms with Gasteiger partial charge in [-0.2, -0.15) is 0 Å². The summed E-state index contributed by atoms with van der Waals surface area (Å²) in [5.41, 5.74) is 7.11. The molecule has 5 N–H and O–H groups in total. The van der Waals surface area contributed by atoms with Crippen LogP contribution in [0.4, 0.5) is 11.4 Å². The number of hydrogen-bond acceptors (Lipinski definition) is 5. The molecule has 2 aromatic rings. The van der Waals surface area contributed by atoms with Crippen LogP contribution in [0.1, 0.15) is 24.2 Å². The maximum Gasteiger partial charge on any atom is 0.258 e. The first-order valence-electron chi connectivity index (χ1n) is 8.13. The van der Waals surface area contributed by atoms with Gasteiger partial charge >= 0.3 is 0 Å². The first kappa shape index (κ1) is 22.2. The fourth-order valence-corrected chi connectivity index (χ4v) is 2.06. The van der Waals surface area contributed by atoms with E-state index in [2.05, 4.69) is 16.0 Å². The summed E-state index contributed by atoms with van der Waals surface area (Å²) in [6, 6.07) is 7.55. The molecule has 0 saturated carbocycles. The number of amides is 3. The lowest BCUT2D eigenvalue weighted by atomic mass is 10.1. The molecule has 0 aliphatic carbocycles. The van der Waals surface area contributed by atoms with E-state index in [0.29, 0.717) is 16.9 Å². The van der Waals surface area contributed by atoms with Crippen LogP contribution in [0.5, 0.6) is 0 Å². The van der Waals surface area contributed by atoms with Gasteiger partial charge in [-0.3, -0.25) is 14.4 Å². The van der Waals surface area contributed by atoms with E-state index >= 15 is 0 Å². The van der Waals surface area contributed by atoms with Crippen molar-refractivity contribution in [3.8, 4) is 0 Å². The summed E-state index contributed by atoms with van der Waals surface area (Å²) in [5.74, 6) is -1.12. The molecule has 1 heterocycles. The Morgan fingerprint density at radius 1 is 1.11 bits per heavy atom. The summed E-state index contributed by atoms with van der Waals surface area (Å²) in [6.45, 7) is 3.46. The predicted molar refractivity (Wildman–Crippen MR) is 105 cm³/mol. The summed E-state index contributed by atoms with van der Waals surface area (Å²) in [5, 5.41) is 7.84. The lowest BCUT2D eigenvalue weighted by molar-refractivity contribution is -0.125. The van der Waals surface area contributed by atoms with Crippen LogP contribution in [0, 0.1) is 5.92 Å². The lowest BCUT2D eigenvalue weighted by Crippen LogP contribution is -2.46. The number of halogens is 1. The molecule has 3 amide bonds. The van der Waals surface area contributed by atoms with Gasteiger partial charge in [0.25, 0.3) is 5.91 Å². The number of nitrogens with two attached hydrogens (primary N) is 1. The summed E-state index contributed by atoms with van der Waals surface area (Å²) in [4.78, 5) is 35.7. The van der Waals surface area contributed by atoms with E-state index in [9.17, 15) is 14.4 Å². The smallest absolute Gasteiger partial charge is 0.258 e. The quantitative estimate of drug-likeness (QED) is 0.571. The summed E-state index contributed by atoms with van der Waals surface area (Å²) in [7, 11) is 0. The van der Waals surface area contributed by atoms with Gasteiger partial charge in [0.1, 0.15) is 6.26 Å². The second-order valence-electron chi connectivity index (χ2n) is 6.08. The van der Waals surface area contributed by atoms with Crippen molar-refractivity contribution >= 4 is 41.5 Å². The monoisotopic (exact) mass is 394 g/mol. The first-order chi connectivity index (χ1) is 12.4. The fraction of sp³-hybridized carbons (Fsp3) is 0.278. The number of anilines is 2. The third-order valence-corrected chi connectivity index (χ3v) is 3.63. The molecule has 1 aromatic carbocycles. The average molecular weight is 395 g/mol. The normalized spacial score (nSPS) is 11.3. The van der Waals surface area contributed by atoms with E-state index in [4.69, 9.17) is 10.2 Å². The number of furan rings is 1. The number of nitrogens with one attached hydrogen (secondary N) is 3. The molecule has 0 fully saturated rings. The molecule has 0 radical (unpaired) electrons. The molecule has 27 heavy (non-hydrogen) atoms. The van der Waals surface area contributed by atoms with Crippen LogP contribution in [-0.4, -0.2) is 30.3 Å². The van der Waals surface area contributed by atoms with Crippen LogP contribution in [0.2, 0.25) is 0 Å². The zero-order valence-corrected chi connectivity index (χ0v) is 15.8. The van der Waals surface area contributed by atoms with Gasteiger partial charge < -0.3 is 26.1 Å². The zero-order valence-electron chi connectivity index (χ0n) is 15.0. The first-order valence-corrected chi connectivity index (χ1v) is 8.13. The van der Waals surface area contributed by atoms with E-state index < -0.39 is 11.9 Å². The SMILES string of the molecule is CC(C)[C@H](N)C(=O)NCC(=O)Nc1cccc(NC(=O)c2ccoc2)c1.Cl. The molecule has 0 bridgehead atoms. The van der Waals surface area contributed by atoms with Gasteiger partial charge in [0, 0.05) is 11.4 Å². The third-order valence-electron chi connectivity index (χ3n) is 3.63. The van der Waals surface area contributed by atoms with Gasteiger partial charge in [-0.25, -0.2) is 0 Å². The van der Waals surface area contributed by atoms with Gasteiger partial charge in [-0.15, -0.1) is 12.4 Å². The third kappa shape index (κ3) is 6.76. The largest absolute Gasteiger partial charge is 0.472 e. The van der Waals surface area contributed by atoms with Crippen molar-refractivity contribution in [3.05, 3.63) is 48.4 Å². The highest BCUT2D eigenvalue weighted by Gasteiger charge is 2.17. The molecule has 9 heteroatoms. The highest BCUT2D eigenvalue weighted by Crippen LogP contribution is 2.16. The van der Waals surface area contributed by atoms with Gasteiger partial charge in [-0.1, -0.05) is 19.9 Å². The Labute approximate surface area is 163 Å². The van der Waals surface area contributed by atoms with E-state index in [-0.39, 0.29) is 36.7 Å². The molecule has 1 aromatic heterocycles. The standard InChI is InChI=1S/C18H22N4O4.ClH/c1-11(2)16(19)18(25)20-9-15(23)21-13-4-3-5-14(8-13)22-17(24)12-6-7-26-10-12;/h3-8,10-11,16H,9,19H2,1-2H3,(H,20,25)(H,21,23)(H,22,24);1H/t16-;/m0./s1. The van der Waals surface area contributed by atoms with E-state index in [1.807, 2.05) is 13.8 Å². The fourth-order valence-electron chi connectivity index (χ4n) is 2.06. The van der Waals surface area contributed by atoms with Gasteiger partial charge in [-0.05, 0) is 30.2 Å². The molecule has 0 aliphatic rings. The minimum Gasteiger partial charge on any atom is -0.472 e. The molecule has 0 spiro atoms. The lowest BCUT2D eigenvalue weighted by Gasteiger charge is -2.15. The topological polar surface area (TPSA) is 126 Å². The molecular weight excluding hydrogens is 372 g/mol. The van der Waals surface area contributed by atoms with Gasteiger partial charge in [0.05, 0.1) is 24.4 Å².